The highest BCUT2D eigenvalue weighted by atomic mass is 16.4. The smallest absolute Gasteiger partial charge is 0.304 e. The lowest BCUT2D eigenvalue weighted by atomic mass is 10.2. The van der Waals surface area contributed by atoms with Crippen molar-refractivity contribution in [3.63, 3.8) is 0 Å². The maximum atomic E-state index is 10.4. The minimum atomic E-state index is -0.737. The predicted octanol–water partition coefficient (Wildman–Crippen LogP) is 1.56. The molecule has 1 atom stereocenters. The number of nitrogens with zero attached hydrogens (tertiary/aromatic N) is 1. The van der Waals surface area contributed by atoms with Crippen LogP contribution in [0.3, 0.4) is 0 Å². The molecule has 0 saturated carbocycles. The Balaban J connectivity index is 3.36. The zero-order valence-corrected chi connectivity index (χ0v) is 11.0. The van der Waals surface area contributed by atoms with E-state index < -0.39 is 5.97 Å². The number of hydrogen-bond acceptors (Lipinski definition) is 3. The van der Waals surface area contributed by atoms with Gasteiger partial charge in [0.1, 0.15) is 0 Å². The van der Waals surface area contributed by atoms with E-state index in [0.29, 0.717) is 6.04 Å². The summed E-state index contributed by atoms with van der Waals surface area (Å²) in [6, 6.07) is 0.666. The summed E-state index contributed by atoms with van der Waals surface area (Å²) in [5.41, 5.74) is 0. The Kier molecular flexibility index (Phi) is 8.21. The fraction of sp³-hybridized carbons (Fsp3) is 0.917. The Labute approximate surface area is 99.0 Å². The van der Waals surface area contributed by atoms with E-state index >= 15 is 0 Å². The lowest BCUT2D eigenvalue weighted by molar-refractivity contribution is -0.137. The van der Waals surface area contributed by atoms with Gasteiger partial charge in [0, 0.05) is 12.1 Å². The van der Waals surface area contributed by atoms with Gasteiger partial charge < -0.3 is 15.3 Å². The Morgan fingerprint density at radius 1 is 1.31 bits per heavy atom. The Bertz CT molecular complexity index is 195. The number of aliphatic carboxylic acids is 1. The highest BCUT2D eigenvalue weighted by Crippen LogP contribution is 1.98. The van der Waals surface area contributed by atoms with Gasteiger partial charge in [-0.3, -0.25) is 4.79 Å². The molecule has 0 saturated heterocycles. The van der Waals surface area contributed by atoms with Crippen molar-refractivity contribution in [2.75, 3.05) is 20.1 Å². The Hall–Kier alpha value is -0.610. The van der Waals surface area contributed by atoms with Crippen LogP contribution in [0.4, 0.5) is 0 Å². The van der Waals surface area contributed by atoms with Gasteiger partial charge in [-0.15, -0.1) is 0 Å². The molecule has 0 rings (SSSR count). The van der Waals surface area contributed by atoms with Crippen LogP contribution in [-0.4, -0.2) is 48.2 Å². The van der Waals surface area contributed by atoms with Crippen molar-refractivity contribution in [2.24, 2.45) is 0 Å². The van der Waals surface area contributed by atoms with E-state index in [2.05, 4.69) is 31.1 Å². The van der Waals surface area contributed by atoms with Crippen molar-refractivity contribution < 1.29 is 9.90 Å². The molecule has 0 aromatic carbocycles. The average Bonchev–Trinajstić information content (AvgIpc) is 2.15. The highest BCUT2D eigenvalue weighted by Gasteiger charge is 2.06. The fourth-order valence-electron chi connectivity index (χ4n) is 1.43. The summed E-state index contributed by atoms with van der Waals surface area (Å²) in [4.78, 5) is 12.7. The SMILES string of the molecule is CC(CC(=O)O)NCCCCN(C)C(C)C. The van der Waals surface area contributed by atoms with Gasteiger partial charge in [-0.25, -0.2) is 0 Å². The van der Waals surface area contributed by atoms with Crippen molar-refractivity contribution >= 4 is 5.97 Å². The maximum absolute atomic E-state index is 10.4. The minimum absolute atomic E-state index is 0.0697. The number of carbonyl (C=O) groups is 1. The quantitative estimate of drug-likeness (QED) is 0.590. The first-order chi connectivity index (χ1) is 7.43. The molecule has 0 fully saturated rings. The standard InChI is InChI=1S/C12H26N2O2/c1-10(2)14(4)8-6-5-7-13-11(3)9-12(15)16/h10-11,13H,5-9H2,1-4H3,(H,15,16). The first-order valence-corrected chi connectivity index (χ1v) is 6.09. The van der Waals surface area contributed by atoms with Crippen LogP contribution in [0.1, 0.15) is 40.0 Å². The van der Waals surface area contributed by atoms with Gasteiger partial charge in [0.25, 0.3) is 0 Å². The summed E-state index contributed by atoms with van der Waals surface area (Å²) < 4.78 is 0. The molecule has 0 aromatic heterocycles. The normalized spacial score (nSPS) is 13.4. The van der Waals surface area contributed by atoms with Crippen LogP contribution in [0, 0.1) is 0 Å². The van der Waals surface area contributed by atoms with E-state index in [-0.39, 0.29) is 12.5 Å². The molecule has 96 valence electrons. The summed E-state index contributed by atoms with van der Waals surface area (Å²) in [5, 5.41) is 11.8. The Morgan fingerprint density at radius 3 is 2.44 bits per heavy atom. The number of nitrogens with one attached hydrogen (secondary N) is 1. The van der Waals surface area contributed by atoms with Crippen molar-refractivity contribution in [2.45, 2.75) is 52.1 Å². The molecule has 0 radical (unpaired) electrons. The van der Waals surface area contributed by atoms with E-state index in [0.717, 1.165) is 25.9 Å². The van der Waals surface area contributed by atoms with Crippen molar-refractivity contribution in [3.05, 3.63) is 0 Å². The second kappa shape index (κ2) is 8.53. The summed E-state index contributed by atoms with van der Waals surface area (Å²) in [6.45, 7) is 8.29. The molecule has 0 aliphatic rings. The third kappa shape index (κ3) is 8.68. The van der Waals surface area contributed by atoms with Crippen molar-refractivity contribution in [1.82, 2.24) is 10.2 Å². The third-order valence-electron chi connectivity index (χ3n) is 2.79. The zero-order chi connectivity index (χ0) is 12.6. The lowest BCUT2D eigenvalue weighted by Crippen LogP contribution is -2.31. The first kappa shape index (κ1) is 15.4. The molecule has 0 bridgehead atoms. The van der Waals surface area contributed by atoms with Crippen molar-refractivity contribution in [1.29, 1.82) is 0 Å². The van der Waals surface area contributed by atoms with Gasteiger partial charge in [0.05, 0.1) is 6.42 Å². The molecular weight excluding hydrogens is 204 g/mol. The third-order valence-corrected chi connectivity index (χ3v) is 2.79. The summed E-state index contributed by atoms with van der Waals surface area (Å²) >= 11 is 0. The van der Waals surface area contributed by atoms with E-state index in [9.17, 15) is 4.79 Å². The van der Waals surface area contributed by atoms with Crippen LogP contribution < -0.4 is 5.32 Å². The molecule has 16 heavy (non-hydrogen) atoms. The summed E-state index contributed by atoms with van der Waals surface area (Å²) in [5.74, 6) is -0.737. The minimum Gasteiger partial charge on any atom is -0.481 e. The molecule has 1 unspecified atom stereocenters. The number of rotatable bonds is 9. The second-order valence-electron chi connectivity index (χ2n) is 4.73. The van der Waals surface area contributed by atoms with Crippen molar-refractivity contribution in [3.8, 4) is 0 Å². The van der Waals surface area contributed by atoms with Crippen LogP contribution in [0.25, 0.3) is 0 Å². The molecular formula is C12H26N2O2. The molecule has 0 aromatic rings. The molecule has 4 nitrogen and oxygen atoms in total. The molecule has 0 amide bonds. The molecule has 0 heterocycles. The van der Waals surface area contributed by atoms with Gasteiger partial charge in [0.15, 0.2) is 0 Å². The predicted molar refractivity (Wildman–Crippen MR) is 66.7 cm³/mol. The maximum Gasteiger partial charge on any atom is 0.304 e. The average molecular weight is 230 g/mol. The van der Waals surface area contributed by atoms with E-state index in [1.807, 2.05) is 6.92 Å². The number of carboxylic acid groups (broad SMARTS) is 1. The van der Waals surface area contributed by atoms with E-state index in [1.54, 1.807) is 0 Å². The lowest BCUT2D eigenvalue weighted by Gasteiger charge is -2.20. The summed E-state index contributed by atoms with van der Waals surface area (Å²) in [6.07, 6.45) is 2.45. The molecule has 0 aliphatic heterocycles. The highest BCUT2D eigenvalue weighted by molar-refractivity contribution is 5.67. The first-order valence-electron chi connectivity index (χ1n) is 6.09. The van der Waals surface area contributed by atoms with Crippen LogP contribution in [-0.2, 0) is 4.79 Å². The number of carboxylic acids is 1. The van der Waals surface area contributed by atoms with Gasteiger partial charge in [-0.2, -0.15) is 0 Å². The molecule has 0 aliphatic carbocycles. The van der Waals surface area contributed by atoms with Crippen LogP contribution in [0.15, 0.2) is 0 Å². The fourth-order valence-corrected chi connectivity index (χ4v) is 1.43. The van der Waals surface area contributed by atoms with Crippen LogP contribution in [0.2, 0.25) is 0 Å². The topological polar surface area (TPSA) is 52.6 Å². The van der Waals surface area contributed by atoms with E-state index in [1.165, 1.54) is 0 Å². The number of hydrogen-bond donors (Lipinski definition) is 2. The van der Waals surface area contributed by atoms with Gasteiger partial charge in [-0.1, -0.05) is 0 Å². The second-order valence-corrected chi connectivity index (χ2v) is 4.73. The van der Waals surface area contributed by atoms with Crippen LogP contribution >= 0.6 is 0 Å². The monoisotopic (exact) mass is 230 g/mol. The molecule has 2 N–H and O–H groups in total. The van der Waals surface area contributed by atoms with Gasteiger partial charge in [-0.05, 0) is 53.8 Å². The van der Waals surface area contributed by atoms with Gasteiger partial charge in [0.2, 0.25) is 0 Å². The van der Waals surface area contributed by atoms with E-state index in [4.69, 9.17) is 5.11 Å². The Morgan fingerprint density at radius 2 is 1.94 bits per heavy atom. The van der Waals surface area contributed by atoms with Crippen LogP contribution in [0.5, 0.6) is 0 Å². The zero-order valence-electron chi connectivity index (χ0n) is 11.0. The molecule has 0 spiro atoms. The largest absolute Gasteiger partial charge is 0.481 e. The summed E-state index contributed by atoms with van der Waals surface area (Å²) in [7, 11) is 2.13. The number of unbranched alkanes of at least 4 members (excludes halogenated alkanes) is 1. The van der Waals surface area contributed by atoms with Gasteiger partial charge >= 0.3 is 5.97 Å². The molecule has 4 heteroatoms.